The van der Waals surface area contributed by atoms with E-state index in [4.69, 9.17) is 11.6 Å². The van der Waals surface area contributed by atoms with Gasteiger partial charge in [-0.1, -0.05) is 6.07 Å². The number of carbonyl (C=O) groups excluding carboxylic acids is 1. The van der Waals surface area contributed by atoms with Gasteiger partial charge >= 0.3 is 0 Å². The summed E-state index contributed by atoms with van der Waals surface area (Å²) in [7, 11) is 1.83. The van der Waals surface area contributed by atoms with Gasteiger partial charge in [-0.3, -0.25) is 14.5 Å². The van der Waals surface area contributed by atoms with Crippen LogP contribution in [0.4, 0.5) is 0 Å². The van der Waals surface area contributed by atoms with Crippen LogP contribution in [0.25, 0.3) is 11.4 Å². The summed E-state index contributed by atoms with van der Waals surface area (Å²) in [6, 6.07) is 5.63. The molecule has 0 unspecified atom stereocenters. The van der Waals surface area contributed by atoms with E-state index in [2.05, 4.69) is 15.4 Å². The summed E-state index contributed by atoms with van der Waals surface area (Å²) < 4.78 is 1.70. The molecule has 0 saturated heterocycles. The zero-order chi connectivity index (χ0) is 13.0. The Morgan fingerprint density at radius 2 is 2.26 bits per heavy atom. The first-order valence-corrected chi connectivity index (χ1v) is 6.00. The summed E-state index contributed by atoms with van der Waals surface area (Å²) >= 11 is 5.44. The number of pyridine rings is 1. The van der Waals surface area contributed by atoms with Crippen LogP contribution in [0.5, 0.6) is 0 Å². The van der Waals surface area contributed by atoms with Crippen molar-refractivity contribution < 1.29 is 4.79 Å². The van der Waals surface area contributed by atoms with Gasteiger partial charge in [0.25, 0.3) is 0 Å². The van der Waals surface area contributed by atoms with Crippen molar-refractivity contribution in [2.45, 2.75) is 6.54 Å². The lowest BCUT2D eigenvalue weighted by molar-refractivity contribution is -0.118. The zero-order valence-electron chi connectivity index (χ0n) is 10.3. The quantitative estimate of drug-likeness (QED) is 0.875. The number of aromatic nitrogens is 3. The summed E-state index contributed by atoms with van der Waals surface area (Å²) in [4.78, 5) is 15.4. The SMILES string of the molecule is Cl.Cn1cc(CNC(=O)CCl)c(-c2ccccn2)n1. The van der Waals surface area contributed by atoms with E-state index >= 15 is 0 Å². The van der Waals surface area contributed by atoms with Crippen LogP contribution in [0.1, 0.15) is 5.56 Å². The second-order valence-electron chi connectivity index (χ2n) is 3.80. The molecule has 0 radical (unpaired) electrons. The summed E-state index contributed by atoms with van der Waals surface area (Å²) in [5, 5.41) is 7.07. The van der Waals surface area contributed by atoms with E-state index in [1.807, 2.05) is 31.4 Å². The number of amides is 1. The molecule has 0 atom stereocenters. The average Bonchev–Trinajstić information content (AvgIpc) is 2.78. The highest BCUT2D eigenvalue weighted by Gasteiger charge is 2.11. The first kappa shape index (κ1) is 15.5. The van der Waals surface area contributed by atoms with Gasteiger partial charge in [0.1, 0.15) is 11.6 Å². The van der Waals surface area contributed by atoms with Crippen molar-refractivity contribution >= 4 is 29.9 Å². The largest absolute Gasteiger partial charge is 0.351 e. The predicted molar refractivity (Wildman–Crippen MR) is 76.3 cm³/mol. The number of nitrogens with zero attached hydrogens (tertiary/aromatic N) is 3. The third-order valence-corrected chi connectivity index (χ3v) is 2.65. The second kappa shape index (κ2) is 7.11. The van der Waals surface area contributed by atoms with Crippen molar-refractivity contribution in [3.8, 4) is 11.4 Å². The minimum Gasteiger partial charge on any atom is -0.351 e. The molecule has 0 aromatic carbocycles. The molecule has 2 rings (SSSR count). The van der Waals surface area contributed by atoms with Crippen LogP contribution in [0.3, 0.4) is 0 Å². The second-order valence-corrected chi connectivity index (χ2v) is 4.07. The third-order valence-electron chi connectivity index (χ3n) is 2.41. The van der Waals surface area contributed by atoms with E-state index in [9.17, 15) is 4.79 Å². The summed E-state index contributed by atoms with van der Waals surface area (Å²) in [6.45, 7) is 0.394. The fourth-order valence-electron chi connectivity index (χ4n) is 1.63. The van der Waals surface area contributed by atoms with Crippen molar-refractivity contribution in [3.63, 3.8) is 0 Å². The van der Waals surface area contributed by atoms with Crippen molar-refractivity contribution in [2.75, 3.05) is 5.88 Å². The van der Waals surface area contributed by atoms with Gasteiger partial charge in [-0.2, -0.15) is 5.10 Å². The van der Waals surface area contributed by atoms with E-state index in [-0.39, 0.29) is 24.2 Å². The smallest absolute Gasteiger partial charge is 0.235 e. The lowest BCUT2D eigenvalue weighted by atomic mass is 10.2. The molecule has 0 bridgehead atoms. The molecule has 0 saturated carbocycles. The topological polar surface area (TPSA) is 59.8 Å². The number of nitrogens with one attached hydrogen (secondary N) is 1. The molecular formula is C12H14Cl2N4O. The van der Waals surface area contributed by atoms with Crippen LogP contribution in [-0.2, 0) is 18.4 Å². The Morgan fingerprint density at radius 1 is 1.47 bits per heavy atom. The number of hydrogen-bond acceptors (Lipinski definition) is 3. The van der Waals surface area contributed by atoms with Crippen LogP contribution in [0, 0.1) is 0 Å². The molecule has 2 aromatic rings. The molecule has 1 N–H and O–H groups in total. The summed E-state index contributed by atoms with van der Waals surface area (Å²) in [6.07, 6.45) is 3.57. The van der Waals surface area contributed by atoms with E-state index in [1.165, 1.54) is 0 Å². The van der Waals surface area contributed by atoms with Gasteiger partial charge in [-0.25, -0.2) is 0 Å². The number of carbonyl (C=O) groups is 1. The molecule has 1 amide bonds. The molecule has 2 heterocycles. The first-order valence-electron chi connectivity index (χ1n) is 5.47. The van der Waals surface area contributed by atoms with Crippen LogP contribution in [0.2, 0.25) is 0 Å². The Kier molecular flexibility index (Phi) is 5.79. The maximum absolute atomic E-state index is 11.2. The van der Waals surface area contributed by atoms with E-state index in [0.29, 0.717) is 6.54 Å². The van der Waals surface area contributed by atoms with Gasteiger partial charge < -0.3 is 5.32 Å². The van der Waals surface area contributed by atoms with E-state index < -0.39 is 0 Å². The van der Waals surface area contributed by atoms with Crippen molar-refractivity contribution in [1.29, 1.82) is 0 Å². The Bertz CT molecular complexity index is 542. The van der Waals surface area contributed by atoms with Crippen molar-refractivity contribution in [3.05, 3.63) is 36.2 Å². The maximum atomic E-state index is 11.2. The van der Waals surface area contributed by atoms with Crippen LogP contribution >= 0.6 is 24.0 Å². The van der Waals surface area contributed by atoms with Crippen LogP contribution in [0.15, 0.2) is 30.6 Å². The van der Waals surface area contributed by atoms with Crippen LogP contribution < -0.4 is 5.32 Å². The Labute approximate surface area is 122 Å². The minimum absolute atomic E-state index is 0. The standard InChI is InChI=1S/C12H13ClN4O.ClH/c1-17-8-9(7-15-11(18)6-13)12(16-17)10-4-2-3-5-14-10;/h2-5,8H,6-7H2,1H3,(H,15,18);1H. The first-order chi connectivity index (χ1) is 8.70. The Balaban J connectivity index is 0.00000180. The number of rotatable bonds is 4. The molecule has 0 aliphatic heterocycles. The monoisotopic (exact) mass is 300 g/mol. The van der Waals surface area contributed by atoms with Gasteiger partial charge in [0.2, 0.25) is 5.91 Å². The molecule has 5 nitrogen and oxygen atoms in total. The fourth-order valence-corrected chi connectivity index (χ4v) is 1.72. The number of halogens is 2. The highest BCUT2D eigenvalue weighted by molar-refractivity contribution is 6.27. The average molecular weight is 301 g/mol. The highest BCUT2D eigenvalue weighted by Crippen LogP contribution is 2.18. The van der Waals surface area contributed by atoms with Crippen molar-refractivity contribution in [2.24, 2.45) is 7.05 Å². The third kappa shape index (κ3) is 3.94. The summed E-state index contributed by atoms with van der Waals surface area (Å²) in [5.41, 5.74) is 2.47. The molecule has 0 fully saturated rings. The lowest BCUT2D eigenvalue weighted by Crippen LogP contribution is -2.23. The molecular weight excluding hydrogens is 287 g/mol. The van der Waals surface area contributed by atoms with Gasteiger partial charge in [-0.05, 0) is 12.1 Å². The Hall–Kier alpha value is -1.59. The van der Waals surface area contributed by atoms with Gasteiger partial charge in [0, 0.05) is 31.5 Å². The normalized spacial score (nSPS) is 9.79. The lowest BCUT2D eigenvalue weighted by Gasteiger charge is -2.03. The molecule has 2 aromatic heterocycles. The number of aryl methyl sites for hydroxylation is 1. The predicted octanol–water partition coefficient (Wildman–Crippen LogP) is 1.76. The molecule has 19 heavy (non-hydrogen) atoms. The highest BCUT2D eigenvalue weighted by atomic mass is 35.5. The fraction of sp³-hybridized carbons (Fsp3) is 0.250. The summed E-state index contributed by atoms with van der Waals surface area (Å²) in [5.74, 6) is -0.244. The van der Waals surface area contributed by atoms with Crippen LogP contribution in [-0.4, -0.2) is 26.6 Å². The number of hydrogen-bond donors (Lipinski definition) is 1. The molecule has 0 spiro atoms. The molecule has 0 aliphatic rings. The molecule has 0 aliphatic carbocycles. The van der Waals surface area contributed by atoms with Crippen molar-refractivity contribution in [1.82, 2.24) is 20.1 Å². The Morgan fingerprint density at radius 3 is 2.89 bits per heavy atom. The molecule has 102 valence electrons. The van der Waals surface area contributed by atoms with Gasteiger partial charge in [0.15, 0.2) is 0 Å². The molecule has 7 heteroatoms. The zero-order valence-corrected chi connectivity index (χ0v) is 11.9. The van der Waals surface area contributed by atoms with E-state index in [1.54, 1.807) is 10.9 Å². The van der Waals surface area contributed by atoms with E-state index in [0.717, 1.165) is 17.0 Å². The van der Waals surface area contributed by atoms with Gasteiger partial charge in [-0.15, -0.1) is 24.0 Å². The minimum atomic E-state index is -0.201. The number of alkyl halides is 1. The maximum Gasteiger partial charge on any atom is 0.235 e. The van der Waals surface area contributed by atoms with Gasteiger partial charge in [0.05, 0.1) is 5.69 Å².